The van der Waals surface area contributed by atoms with Gasteiger partial charge in [-0.3, -0.25) is 0 Å². The molecule has 92 valence electrons. The summed E-state index contributed by atoms with van der Waals surface area (Å²) < 4.78 is 16.5. The Morgan fingerprint density at radius 2 is 2.19 bits per heavy atom. The van der Waals surface area contributed by atoms with Gasteiger partial charge < -0.3 is 19.5 Å². The van der Waals surface area contributed by atoms with Crippen LogP contribution in [0.3, 0.4) is 0 Å². The third-order valence-corrected chi connectivity index (χ3v) is 2.89. The quantitative estimate of drug-likeness (QED) is 0.795. The molecule has 2 aliphatic rings. The van der Waals surface area contributed by atoms with Crippen molar-refractivity contribution >= 4 is 6.09 Å². The molecule has 1 amide bonds. The summed E-state index contributed by atoms with van der Waals surface area (Å²) in [6.45, 7) is 6.26. The summed E-state index contributed by atoms with van der Waals surface area (Å²) in [6.07, 6.45) is 1.52. The van der Waals surface area contributed by atoms with Gasteiger partial charge >= 0.3 is 6.09 Å². The molecule has 0 spiro atoms. The number of nitrogens with one attached hydrogen (secondary N) is 1. The van der Waals surface area contributed by atoms with Crippen LogP contribution in [0, 0.1) is 0 Å². The Bertz CT molecular complexity index is 279. The highest BCUT2D eigenvalue weighted by atomic mass is 16.8. The lowest BCUT2D eigenvalue weighted by atomic mass is 10.0. The lowest BCUT2D eigenvalue weighted by Gasteiger charge is -2.20. The van der Waals surface area contributed by atoms with Crippen LogP contribution in [0.4, 0.5) is 4.79 Å². The fraction of sp³-hybridized carbons (Fsp3) is 0.909. The number of cyclic esters (lactones) is 1. The first kappa shape index (κ1) is 11.7. The van der Waals surface area contributed by atoms with Gasteiger partial charge in [0.1, 0.15) is 12.7 Å². The molecule has 2 aliphatic heterocycles. The Balaban J connectivity index is 2.03. The molecule has 0 aromatic rings. The topological polar surface area (TPSA) is 56.8 Å². The zero-order chi connectivity index (χ0) is 11.8. The number of hydrogen-bond acceptors (Lipinski definition) is 4. The summed E-state index contributed by atoms with van der Waals surface area (Å²) >= 11 is 0. The maximum absolute atomic E-state index is 11.0. The predicted molar refractivity (Wildman–Crippen MR) is 57.0 cm³/mol. The molecule has 5 nitrogen and oxygen atoms in total. The van der Waals surface area contributed by atoms with E-state index in [0.717, 1.165) is 12.8 Å². The van der Waals surface area contributed by atoms with Crippen LogP contribution in [-0.2, 0) is 14.2 Å². The molecule has 16 heavy (non-hydrogen) atoms. The number of carbonyl (C=O) groups excluding carboxylic acids is 1. The molecule has 3 atom stereocenters. The Hall–Kier alpha value is -0.810. The van der Waals surface area contributed by atoms with Crippen molar-refractivity contribution in [3.63, 3.8) is 0 Å². The number of ether oxygens (including phenoxy) is 3. The van der Waals surface area contributed by atoms with Gasteiger partial charge in [0.25, 0.3) is 0 Å². The lowest BCUT2D eigenvalue weighted by molar-refractivity contribution is -0.148. The fourth-order valence-corrected chi connectivity index (χ4v) is 2.29. The molecule has 2 fully saturated rings. The molecule has 2 saturated heterocycles. The van der Waals surface area contributed by atoms with E-state index in [1.54, 1.807) is 0 Å². The number of carbonyl (C=O) groups is 1. The van der Waals surface area contributed by atoms with E-state index < -0.39 is 5.79 Å². The largest absolute Gasteiger partial charge is 0.447 e. The van der Waals surface area contributed by atoms with E-state index in [0.29, 0.717) is 6.61 Å². The second-order valence-electron chi connectivity index (χ2n) is 4.78. The smallest absolute Gasteiger partial charge is 0.407 e. The van der Waals surface area contributed by atoms with Crippen LogP contribution in [0.1, 0.15) is 33.6 Å². The van der Waals surface area contributed by atoms with Crippen LogP contribution in [0.15, 0.2) is 0 Å². The van der Waals surface area contributed by atoms with Crippen molar-refractivity contribution < 1.29 is 19.0 Å². The first-order valence-electron chi connectivity index (χ1n) is 5.81. The van der Waals surface area contributed by atoms with Crippen molar-refractivity contribution in [2.24, 2.45) is 0 Å². The fourth-order valence-electron chi connectivity index (χ4n) is 2.29. The summed E-state index contributed by atoms with van der Waals surface area (Å²) in [5.74, 6) is -0.572. The molecular formula is C11H19NO4. The van der Waals surface area contributed by atoms with Gasteiger partial charge in [0.2, 0.25) is 0 Å². The van der Waals surface area contributed by atoms with Crippen molar-refractivity contribution in [1.29, 1.82) is 0 Å². The summed E-state index contributed by atoms with van der Waals surface area (Å²) in [4.78, 5) is 11.0. The molecule has 1 N–H and O–H groups in total. The minimum absolute atomic E-state index is 0.0343. The van der Waals surface area contributed by atoms with Gasteiger partial charge in [-0.15, -0.1) is 0 Å². The first-order valence-corrected chi connectivity index (χ1v) is 5.81. The molecule has 0 aliphatic carbocycles. The summed E-state index contributed by atoms with van der Waals surface area (Å²) in [6, 6.07) is -0.0918. The predicted octanol–water partition coefficient (Wildman–Crippen LogP) is 1.41. The maximum Gasteiger partial charge on any atom is 0.407 e. The lowest BCUT2D eigenvalue weighted by Crippen LogP contribution is -2.43. The molecule has 0 bridgehead atoms. The monoisotopic (exact) mass is 229 g/mol. The minimum Gasteiger partial charge on any atom is -0.447 e. The third-order valence-electron chi connectivity index (χ3n) is 2.89. The molecule has 0 unspecified atom stereocenters. The average Bonchev–Trinajstić information content (AvgIpc) is 2.71. The van der Waals surface area contributed by atoms with Crippen LogP contribution in [0.5, 0.6) is 0 Å². The van der Waals surface area contributed by atoms with Gasteiger partial charge in [0.05, 0.1) is 12.1 Å². The van der Waals surface area contributed by atoms with E-state index in [-0.39, 0.29) is 24.3 Å². The van der Waals surface area contributed by atoms with Gasteiger partial charge in [0, 0.05) is 0 Å². The Labute approximate surface area is 95.4 Å². The number of hydrogen-bond donors (Lipinski definition) is 1. The van der Waals surface area contributed by atoms with Gasteiger partial charge in [-0.05, 0) is 20.3 Å². The Morgan fingerprint density at radius 3 is 2.75 bits per heavy atom. The van der Waals surface area contributed by atoms with Gasteiger partial charge in [-0.2, -0.15) is 0 Å². The maximum atomic E-state index is 11.0. The summed E-state index contributed by atoms with van der Waals surface area (Å²) in [5.41, 5.74) is 0. The van der Waals surface area contributed by atoms with Crippen molar-refractivity contribution in [3.05, 3.63) is 0 Å². The second-order valence-corrected chi connectivity index (χ2v) is 4.78. The summed E-state index contributed by atoms with van der Waals surface area (Å²) in [5, 5.41) is 2.76. The SMILES string of the molecule is CCC[C@H]1OC(C)(C)O[C@@H]1[C@H]1COC(=O)N1. The van der Waals surface area contributed by atoms with Crippen LogP contribution in [-0.4, -0.2) is 36.7 Å². The van der Waals surface area contributed by atoms with E-state index in [2.05, 4.69) is 12.2 Å². The zero-order valence-corrected chi connectivity index (χ0v) is 9.99. The van der Waals surface area contributed by atoms with Gasteiger partial charge in [-0.1, -0.05) is 13.3 Å². The minimum atomic E-state index is -0.572. The first-order chi connectivity index (χ1) is 7.52. The molecule has 0 radical (unpaired) electrons. The number of rotatable bonds is 3. The van der Waals surface area contributed by atoms with Crippen LogP contribution >= 0.6 is 0 Å². The van der Waals surface area contributed by atoms with Gasteiger partial charge in [-0.25, -0.2) is 4.79 Å². The molecule has 0 saturated carbocycles. The molecule has 5 heteroatoms. The Morgan fingerprint density at radius 1 is 1.44 bits per heavy atom. The van der Waals surface area contributed by atoms with Crippen LogP contribution in [0.25, 0.3) is 0 Å². The number of alkyl carbamates (subject to hydrolysis) is 1. The van der Waals surface area contributed by atoms with E-state index in [1.807, 2.05) is 13.8 Å². The molecule has 2 heterocycles. The third kappa shape index (κ3) is 2.30. The van der Waals surface area contributed by atoms with E-state index in [4.69, 9.17) is 14.2 Å². The number of amides is 1. The molecule has 0 aromatic carbocycles. The second kappa shape index (κ2) is 4.22. The van der Waals surface area contributed by atoms with Crippen LogP contribution in [0.2, 0.25) is 0 Å². The molecular weight excluding hydrogens is 210 g/mol. The van der Waals surface area contributed by atoms with E-state index in [1.165, 1.54) is 0 Å². The van der Waals surface area contributed by atoms with Crippen molar-refractivity contribution in [3.8, 4) is 0 Å². The van der Waals surface area contributed by atoms with Crippen molar-refractivity contribution in [2.75, 3.05) is 6.61 Å². The highest BCUT2D eigenvalue weighted by Crippen LogP contribution is 2.33. The highest BCUT2D eigenvalue weighted by molar-refractivity contribution is 5.69. The van der Waals surface area contributed by atoms with Crippen molar-refractivity contribution in [1.82, 2.24) is 5.32 Å². The van der Waals surface area contributed by atoms with E-state index >= 15 is 0 Å². The standard InChI is InChI=1S/C11H19NO4/c1-4-5-8-9(16-11(2,3)15-8)7-6-14-10(13)12-7/h7-9H,4-6H2,1-3H3,(H,12,13)/t7-,8-,9-/m1/s1. The van der Waals surface area contributed by atoms with Crippen LogP contribution < -0.4 is 5.32 Å². The average molecular weight is 229 g/mol. The normalized spacial score (nSPS) is 37.2. The molecule has 0 aromatic heterocycles. The highest BCUT2D eigenvalue weighted by Gasteiger charge is 2.46. The summed E-state index contributed by atoms with van der Waals surface area (Å²) in [7, 11) is 0. The van der Waals surface area contributed by atoms with E-state index in [9.17, 15) is 4.79 Å². The Kier molecular flexibility index (Phi) is 3.08. The zero-order valence-electron chi connectivity index (χ0n) is 9.99. The molecule has 2 rings (SSSR count). The van der Waals surface area contributed by atoms with Gasteiger partial charge in [0.15, 0.2) is 5.79 Å². The van der Waals surface area contributed by atoms with Crippen molar-refractivity contribution in [2.45, 2.75) is 57.6 Å².